The summed E-state index contributed by atoms with van der Waals surface area (Å²) in [7, 11) is -0.941. The summed E-state index contributed by atoms with van der Waals surface area (Å²) in [4.78, 5) is 5.07. The van der Waals surface area contributed by atoms with Crippen LogP contribution in [-0.2, 0) is 29.4 Å². The van der Waals surface area contributed by atoms with E-state index in [2.05, 4.69) is 155 Å². The van der Waals surface area contributed by atoms with Gasteiger partial charge >= 0.3 is 20.4 Å². The number of hydrogen-bond acceptors (Lipinski definition) is 5. The molecule has 7 nitrogen and oxygen atoms in total. The number of benzene rings is 2. The molecule has 3 aliphatic heterocycles. The molecule has 1 unspecified atom stereocenters. The van der Waals surface area contributed by atoms with Gasteiger partial charge in [-0.2, -0.15) is 9.14 Å². The molecule has 0 spiro atoms. The predicted molar refractivity (Wildman–Crippen MR) is 195 cm³/mol. The molecule has 3 aliphatic rings. The maximum absolute atomic E-state index is 6.56. The van der Waals surface area contributed by atoms with Gasteiger partial charge in [-0.1, -0.05) is 65.8 Å². The zero-order valence-electron chi connectivity index (χ0n) is 31.7. The second kappa shape index (κ2) is 11.1. The zero-order chi connectivity index (χ0) is 35.4. The van der Waals surface area contributed by atoms with Gasteiger partial charge in [0.1, 0.15) is 12.4 Å². The van der Waals surface area contributed by atoms with E-state index in [0.717, 1.165) is 40.0 Å². The van der Waals surface area contributed by atoms with Crippen LogP contribution in [0.4, 0.5) is 0 Å². The summed E-state index contributed by atoms with van der Waals surface area (Å²) < 4.78 is 30.5. The molecule has 3 fully saturated rings. The van der Waals surface area contributed by atoms with Crippen molar-refractivity contribution >= 4 is 31.9 Å². The molecule has 48 heavy (non-hydrogen) atoms. The van der Waals surface area contributed by atoms with E-state index < -0.39 is 36.6 Å². The third-order valence-corrected chi connectivity index (χ3v) is 11.2. The quantitative estimate of drug-likeness (QED) is 0.189. The first-order valence-corrected chi connectivity index (χ1v) is 17.4. The third-order valence-electron chi connectivity index (χ3n) is 11.2. The maximum Gasteiger partial charge on any atom is 0.494 e. The van der Waals surface area contributed by atoms with E-state index in [-0.39, 0.29) is 17.0 Å². The minimum absolute atomic E-state index is 0.0902. The first-order valence-electron chi connectivity index (χ1n) is 17.4. The highest BCUT2D eigenvalue weighted by Crippen LogP contribution is 2.39. The molecular formula is C39H55B2N3O4+2. The van der Waals surface area contributed by atoms with Gasteiger partial charge in [-0.3, -0.25) is 0 Å². The first-order chi connectivity index (χ1) is 21.9. The van der Waals surface area contributed by atoms with Crippen molar-refractivity contribution < 1.29 is 27.8 Å². The lowest BCUT2D eigenvalue weighted by molar-refractivity contribution is -0.766. The summed E-state index contributed by atoms with van der Waals surface area (Å²) in [5.41, 5.74) is 6.59. The second-order valence-corrected chi connectivity index (χ2v) is 18.2. The van der Waals surface area contributed by atoms with Gasteiger partial charge < -0.3 is 18.6 Å². The zero-order valence-corrected chi connectivity index (χ0v) is 31.7. The van der Waals surface area contributed by atoms with Gasteiger partial charge in [0, 0.05) is 17.2 Å². The van der Waals surface area contributed by atoms with Crippen molar-refractivity contribution in [3.8, 4) is 22.5 Å². The Morgan fingerprint density at radius 1 is 0.646 bits per heavy atom. The molecule has 3 aromatic rings. The van der Waals surface area contributed by atoms with Crippen LogP contribution in [0.15, 0.2) is 48.8 Å². The Morgan fingerprint density at radius 2 is 1.04 bits per heavy atom. The summed E-state index contributed by atoms with van der Waals surface area (Å²) in [5.74, 6) is 0. The average Bonchev–Trinajstić information content (AvgIpc) is 3.58. The molecule has 0 aliphatic carbocycles. The van der Waals surface area contributed by atoms with Crippen molar-refractivity contribution in [1.82, 2.24) is 4.98 Å². The largest absolute Gasteiger partial charge is 0.494 e. The van der Waals surface area contributed by atoms with Crippen molar-refractivity contribution in [3.63, 3.8) is 0 Å². The Labute approximate surface area is 289 Å². The Morgan fingerprint density at radius 3 is 1.44 bits per heavy atom. The highest BCUT2D eigenvalue weighted by molar-refractivity contribution is 6.62. The Kier molecular flexibility index (Phi) is 8.08. The van der Waals surface area contributed by atoms with Crippen LogP contribution in [-0.4, -0.2) is 59.5 Å². The van der Waals surface area contributed by atoms with Crippen molar-refractivity contribution in [1.29, 1.82) is 0 Å². The Bertz CT molecular complexity index is 1750. The lowest BCUT2D eigenvalue weighted by Gasteiger charge is -2.32. The fourth-order valence-electron chi connectivity index (χ4n) is 6.18. The molecule has 1 aromatic heterocycles. The lowest BCUT2D eigenvalue weighted by atomic mass is 9.73. The predicted octanol–water partition coefficient (Wildman–Crippen LogP) is 6.12. The van der Waals surface area contributed by atoms with E-state index >= 15 is 0 Å². The summed E-state index contributed by atoms with van der Waals surface area (Å²) in [6, 6.07) is 15.7. The lowest BCUT2D eigenvalue weighted by Crippen LogP contribution is -2.41. The monoisotopic (exact) mass is 651 g/mol. The van der Waals surface area contributed by atoms with Crippen LogP contribution in [0.2, 0.25) is 0 Å². The van der Waals surface area contributed by atoms with E-state index in [1.807, 2.05) is 6.33 Å². The first kappa shape index (κ1) is 35.0. The molecular weight excluding hydrogens is 596 g/mol. The van der Waals surface area contributed by atoms with Gasteiger partial charge in [-0.25, -0.2) is 0 Å². The normalized spacial score (nSPS) is 22.8. The van der Waals surface area contributed by atoms with Crippen molar-refractivity contribution in [2.75, 3.05) is 6.54 Å². The van der Waals surface area contributed by atoms with Crippen LogP contribution in [0, 0.1) is 0 Å². The van der Waals surface area contributed by atoms with Crippen LogP contribution < -0.4 is 15.5 Å². The van der Waals surface area contributed by atoms with Gasteiger partial charge in [-0.05, 0) is 105 Å². The SMILES string of the molecule is C=[N+]1CC1[n+]1cnc(-c2cc(B3OC(C)(C)C(C)(C)O3)cc(C(C)(C)C)c2)cc1-c1cc(B2OC(C)(C)C(C)(C)O2)cc(C(C)(C)C)c1. The summed E-state index contributed by atoms with van der Waals surface area (Å²) in [6.45, 7) is 35.4. The van der Waals surface area contributed by atoms with Gasteiger partial charge in [-0.15, -0.1) is 0 Å². The van der Waals surface area contributed by atoms with Gasteiger partial charge in [0.25, 0.3) is 6.33 Å². The molecule has 0 bridgehead atoms. The molecule has 2 aromatic carbocycles. The molecule has 0 saturated carbocycles. The smallest absolute Gasteiger partial charge is 0.399 e. The number of nitrogens with zero attached hydrogens (tertiary/aromatic N) is 3. The molecule has 6 rings (SSSR count). The topological polar surface area (TPSA) is 56.7 Å². The summed E-state index contributed by atoms with van der Waals surface area (Å²) in [6.07, 6.45) is 2.11. The van der Waals surface area contributed by atoms with E-state index in [0.29, 0.717) is 0 Å². The second-order valence-electron chi connectivity index (χ2n) is 18.2. The van der Waals surface area contributed by atoms with Crippen LogP contribution in [0.25, 0.3) is 22.5 Å². The van der Waals surface area contributed by atoms with Crippen molar-refractivity contribution in [2.24, 2.45) is 0 Å². The Hall–Kier alpha value is -2.84. The fraction of sp³-hybridized carbons (Fsp3) is 0.564. The van der Waals surface area contributed by atoms with Gasteiger partial charge in [0.05, 0.1) is 22.4 Å². The average molecular weight is 652 g/mol. The minimum Gasteiger partial charge on any atom is -0.399 e. The highest BCUT2D eigenvalue weighted by atomic mass is 16.7. The van der Waals surface area contributed by atoms with E-state index in [9.17, 15) is 0 Å². The molecule has 4 heterocycles. The van der Waals surface area contributed by atoms with Gasteiger partial charge in [0.2, 0.25) is 6.54 Å². The molecule has 0 N–H and O–H groups in total. The molecule has 9 heteroatoms. The van der Waals surface area contributed by atoms with Crippen molar-refractivity contribution in [3.05, 3.63) is 59.9 Å². The summed E-state index contributed by atoms with van der Waals surface area (Å²) in [5, 5.41) is 0. The third kappa shape index (κ3) is 6.32. The summed E-state index contributed by atoms with van der Waals surface area (Å²) >= 11 is 0. The van der Waals surface area contributed by atoms with Gasteiger partial charge in [0.15, 0.2) is 5.69 Å². The van der Waals surface area contributed by atoms with Crippen molar-refractivity contribution in [2.45, 2.75) is 136 Å². The highest BCUT2D eigenvalue weighted by Gasteiger charge is 2.53. The standard InChI is InChI=1S/C39H55B2N3O4/c1-34(2,3)27-16-25(18-29(20-27)40-45-36(7,8)37(9,10)46-40)31-22-32(44(24-42-31)33-23-43(33)15)26-17-28(35(4,5)6)21-30(19-26)41-47-38(11,12)39(13,14)48-41/h16-22,24,33H,15,23H2,1-14H3/q+2. The Balaban J connectivity index is 1.51. The van der Waals surface area contributed by atoms with Crippen LogP contribution in [0.1, 0.15) is 114 Å². The molecule has 0 radical (unpaired) electrons. The van der Waals surface area contributed by atoms with E-state index in [1.54, 1.807) is 0 Å². The molecule has 1 atom stereocenters. The number of rotatable bonds is 5. The fourth-order valence-corrected chi connectivity index (χ4v) is 6.18. The maximum atomic E-state index is 6.56. The minimum atomic E-state index is -0.471. The van der Waals surface area contributed by atoms with Crippen LogP contribution in [0.3, 0.4) is 0 Å². The molecule has 3 saturated heterocycles. The molecule has 0 amide bonds. The van der Waals surface area contributed by atoms with E-state index in [4.69, 9.17) is 23.6 Å². The number of aromatic nitrogens is 2. The van der Waals surface area contributed by atoms with Crippen LogP contribution in [0.5, 0.6) is 0 Å². The molecule has 254 valence electrons. The van der Waals surface area contributed by atoms with Crippen LogP contribution >= 0.6 is 0 Å². The van der Waals surface area contributed by atoms with E-state index in [1.165, 1.54) is 11.1 Å². The number of hydrogen-bond donors (Lipinski definition) is 0.